The molecule has 0 spiro atoms. The summed E-state index contributed by atoms with van der Waals surface area (Å²) < 4.78 is 14.3. The van der Waals surface area contributed by atoms with Gasteiger partial charge in [0.05, 0.1) is 19.3 Å². The van der Waals surface area contributed by atoms with E-state index in [1.807, 2.05) is 0 Å². The SMILES string of the molecule is O=C(CNCCn1ccnn1)Nc1ccc(F)cc1. The molecule has 0 aliphatic heterocycles. The van der Waals surface area contributed by atoms with Crippen LogP contribution in [0.3, 0.4) is 0 Å². The molecule has 0 radical (unpaired) electrons. The largest absolute Gasteiger partial charge is 0.325 e. The van der Waals surface area contributed by atoms with Gasteiger partial charge in [-0.05, 0) is 24.3 Å². The summed E-state index contributed by atoms with van der Waals surface area (Å²) in [6, 6.07) is 5.63. The van der Waals surface area contributed by atoms with Crippen LogP contribution in [0, 0.1) is 5.82 Å². The Balaban J connectivity index is 1.65. The molecule has 1 aromatic carbocycles. The number of benzene rings is 1. The zero-order chi connectivity index (χ0) is 13.5. The second-order valence-electron chi connectivity index (χ2n) is 3.90. The monoisotopic (exact) mass is 263 g/mol. The fourth-order valence-corrected chi connectivity index (χ4v) is 1.49. The van der Waals surface area contributed by atoms with Crippen molar-refractivity contribution < 1.29 is 9.18 Å². The predicted molar refractivity (Wildman–Crippen MR) is 67.9 cm³/mol. The maximum atomic E-state index is 12.7. The van der Waals surface area contributed by atoms with Crippen molar-refractivity contribution in [2.75, 3.05) is 18.4 Å². The average molecular weight is 263 g/mol. The van der Waals surface area contributed by atoms with Gasteiger partial charge in [-0.3, -0.25) is 9.48 Å². The highest BCUT2D eigenvalue weighted by atomic mass is 19.1. The number of carbonyl (C=O) groups excluding carboxylic acids is 1. The van der Waals surface area contributed by atoms with Crippen molar-refractivity contribution in [2.45, 2.75) is 6.54 Å². The summed E-state index contributed by atoms with van der Waals surface area (Å²) in [5.74, 6) is -0.505. The van der Waals surface area contributed by atoms with Gasteiger partial charge in [0.1, 0.15) is 5.82 Å². The van der Waals surface area contributed by atoms with E-state index in [1.54, 1.807) is 17.1 Å². The normalized spacial score (nSPS) is 10.4. The lowest BCUT2D eigenvalue weighted by molar-refractivity contribution is -0.115. The first kappa shape index (κ1) is 13.2. The Bertz CT molecular complexity index is 511. The lowest BCUT2D eigenvalue weighted by Gasteiger charge is -2.06. The van der Waals surface area contributed by atoms with E-state index in [4.69, 9.17) is 0 Å². The van der Waals surface area contributed by atoms with Crippen molar-refractivity contribution in [3.63, 3.8) is 0 Å². The van der Waals surface area contributed by atoms with Crippen LogP contribution in [0.25, 0.3) is 0 Å². The molecule has 0 aliphatic carbocycles. The van der Waals surface area contributed by atoms with Gasteiger partial charge in [-0.25, -0.2) is 4.39 Å². The third kappa shape index (κ3) is 4.47. The second-order valence-corrected chi connectivity index (χ2v) is 3.90. The van der Waals surface area contributed by atoms with Crippen molar-refractivity contribution in [3.8, 4) is 0 Å². The van der Waals surface area contributed by atoms with Gasteiger partial charge >= 0.3 is 0 Å². The highest BCUT2D eigenvalue weighted by Gasteiger charge is 2.01. The maximum Gasteiger partial charge on any atom is 0.238 e. The molecule has 0 bridgehead atoms. The zero-order valence-corrected chi connectivity index (χ0v) is 10.2. The molecule has 2 N–H and O–H groups in total. The van der Waals surface area contributed by atoms with Crippen molar-refractivity contribution in [1.82, 2.24) is 20.3 Å². The minimum atomic E-state index is -0.330. The van der Waals surface area contributed by atoms with Crippen LogP contribution in [0.2, 0.25) is 0 Å². The van der Waals surface area contributed by atoms with E-state index >= 15 is 0 Å². The van der Waals surface area contributed by atoms with Crippen LogP contribution in [-0.4, -0.2) is 34.0 Å². The molecule has 1 heterocycles. The van der Waals surface area contributed by atoms with E-state index in [-0.39, 0.29) is 18.3 Å². The molecule has 19 heavy (non-hydrogen) atoms. The topological polar surface area (TPSA) is 71.8 Å². The molecule has 0 saturated carbocycles. The number of rotatable bonds is 6. The summed E-state index contributed by atoms with van der Waals surface area (Å²) in [6.07, 6.45) is 3.35. The summed E-state index contributed by atoms with van der Waals surface area (Å²) in [7, 11) is 0. The Kier molecular flexibility index (Phi) is 4.57. The van der Waals surface area contributed by atoms with Crippen LogP contribution >= 0.6 is 0 Å². The molecule has 2 rings (SSSR count). The standard InChI is InChI=1S/C12H14FN5O/c13-10-1-3-11(4-2-10)16-12(19)9-14-5-7-18-8-6-15-17-18/h1-4,6,8,14H,5,7,9H2,(H,16,19). The molecular weight excluding hydrogens is 249 g/mol. The van der Waals surface area contributed by atoms with E-state index < -0.39 is 0 Å². The highest BCUT2D eigenvalue weighted by molar-refractivity contribution is 5.92. The number of hydrogen-bond acceptors (Lipinski definition) is 4. The van der Waals surface area contributed by atoms with Gasteiger partial charge in [-0.2, -0.15) is 0 Å². The summed E-state index contributed by atoms with van der Waals surface area (Å²) in [5.41, 5.74) is 0.574. The fraction of sp³-hybridized carbons (Fsp3) is 0.250. The van der Waals surface area contributed by atoms with Crippen molar-refractivity contribution >= 4 is 11.6 Å². The molecule has 100 valence electrons. The number of hydrogen-bond donors (Lipinski definition) is 2. The molecule has 2 aromatic rings. The van der Waals surface area contributed by atoms with Crippen LogP contribution in [0.5, 0.6) is 0 Å². The van der Waals surface area contributed by atoms with Gasteiger partial charge in [0.25, 0.3) is 0 Å². The Labute approximate surface area is 109 Å². The molecule has 0 saturated heterocycles. The highest BCUT2D eigenvalue weighted by Crippen LogP contribution is 2.07. The van der Waals surface area contributed by atoms with Gasteiger partial charge in [0.2, 0.25) is 5.91 Å². The quantitative estimate of drug-likeness (QED) is 0.750. The van der Waals surface area contributed by atoms with Crippen LogP contribution in [0.1, 0.15) is 0 Å². The van der Waals surface area contributed by atoms with Gasteiger partial charge < -0.3 is 10.6 Å². The first-order valence-electron chi connectivity index (χ1n) is 5.84. The molecule has 7 heteroatoms. The number of halogens is 1. The first-order valence-corrected chi connectivity index (χ1v) is 5.84. The summed E-state index contributed by atoms with van der Waals surface area (Å²) >= 11 is 0. The molecule has 1 aromatic heterocycles. The Morgan fingerprint density at radius 3 is 2.79 bits per heavy atom. The van der Waals surface area contributed by atoms with E-state index in [2.05, 4.69) is 20.9 Å². The van der Waals surface area contributed by atoms with Crippen LogP contribution in [0.15, 0.2) is 36.7 Å². The predicted octanol–water partition coefficient (Wildman–Crippen LogP) is 0.645. The van der Waals surface area contributed by atoms with E-state index in [9.17, 15) is 9.18 Å². The van der Waals surface area contributed by atoms with E-state index in [0.717, 1.165) is 0 Å². The minimum absolute atomic E-state index is 0.176. The number of nitrogens with zero attached hydrogens (tertiary/aromatic N) is 3. The van der Waals surface area contributed by atoms with Gasteiger partial charge in [-0.1, -0.05) is 5.21 Å². The smallest absolute Gasteiger partial charge is 0.238 e. The summed E-state index contributed by atoms with van der Waals surface area (Å²) in [6.45, 7) is 1.44. The van der Waals surface area contributed by atoms with Crippen LogP contribution in [0.4, 0.5) is 10.1 Å². The maximum absolute atomic E-state index is 12.7. The van der Waals surface area contributed by atoms with Crippen LogP contribution in [-0.2, 0) is 11.3 Å². The fourth-order valence-electron chi connectivity index (χ4n) is 1.49. The lowest BCUT2D eigenvalue weighted by atomic mass is 10.3. The molecule has 1 amide bonds. The second kappa shape index (κ2) is 6.60. The molecule has 6 nitrogen and oxygen atoms in total. The van der Waals surface area contributed by atoms with Gasteiger partial charge in [0.15, 0.2) is 0 Å². The molecule has 0 aliphatic rings. The van der Waals surface area contributed by atoms with Gasteiger partial charge in [-0.15, -0.1) is 5.10 Å². The average Bonchev–Trinajstić information content (AvgIpc) is 2.91. The molecular formula is C12H14FN5O. The van der Waals surface area contributed by atoms with Crippen molar-refractivity contribution in [1.29, 1.82) is 0 Å². The number of anilines is 1. The zero-order valence-electron chi connectivity index (χ0n) is 10.2. The Morgan fingerprint density at radius 2 is 2.11 bits per heavy atom. The lowest BCUT2D eigenvalue weighted by Crippen LogP contribution is -2.30. The summed E-state index contributed by atoms with van der Waals surface area (Å²) in [5, 5.41) is 13.1. The molecule has 0 fully saturated rings. The Hall–Kier alpha value is -2.28. The number of carbonyl (C=O) groups is 1. The van der Waals surface area contributed by atoms with Crippen molar-refractivity contribution in [2.24, 2.45) is 0 Å². The Morgan fingerprint density at radius 1 is 1.32 bits per heavy atom. The van der Waals surface area contributed by atoms with Crippen LogP contribution < -0.4 is 10.6 Å². The summed E-state index contributed by atoms with van der Waals surface area (Å²) in [4.78, 5) is 11.6. The number of aromatic nitrogens is 3. The third-order valence-corrected chi connectivity index (χ3v) is 2.40. The number of amides is 1. The third-order valence-electron chi connectivity index (χ3n) is 2.40. The first-order chi connectivity index (χ1) is 9.24. The number of nitrogens with one attached hydrogen (secondary N) is 2. The molecule has 0 atom stereocenters. The van der Waals surface area contributed by atoms with E-state index in [1.165, 1.54) is 24.3 Å². The van der Waals surface area contributed by atoms with Crippen molar-refractivity contribution in [3.05, 3.63) is 42.5 Å². The van der Waals surface area contributed by atoms with Gasteiger partial charge in [0, 0.05) is 18.4 Å². The minimum Gasteiger partial charge on any atom is -0.325 e. The molecule has 0 unspecified atom stereocenters. The van der Waals surface area contributed by atoms with E-state index in [0.29, 0.717) is 18.8 Å².